The van der Waals surface area contributed by atoms with Crippen molar-refractivity contribution in [3.05, 3.63) is 0 Å². The van der Waals surface area contributed by atoms with E-state index in [0.717, 1.165) is 25.5 Å². The molecule has 3 heteroatoms. The largest absolute Gasteiger partial charge is 0.381 e. The van der Waals surface area contributed by atoms with Gasteiger partial charge in [-0.2, -0.15) is 12.6 Å². The van der Waals surface area contributed by atoms with Gasteiger partial charge in [-0.25, -0.2) is 0 Å². The Balaban J connectivity index is 2.45. The van der Waals surface area contributed by atoms with Crippen molar-refractivity contribution in [2.24, 2.45) is 5.41 Å². The first-order chi connectivity index (χ1) is 7.76. The Kier molecular flexibility index (Phi) is 6.78. The normalized spacial score (nSPS) is 20.2. The van der Waals surface area contributed by atoms with Crippen molar-refractivity contribution in [1.82, 2.24) is 4.90 Å². The third kappa shape index (κ3) is 4.27. The lowest BCUT2D eigenvalue weighted by atomic mass is 9.81. The van der Waals surface area contributed by atoms with E-state index in [1.807, 2.05) is 0 Å². The van der Waals surface area contributed by atoms with Gasteiger partial charge in [-0.1, -0.05) is 20.3 Å². The van der Waals surface area contributed by atoms with Crippen molar-refractivity contribution in [1.29, 1.82) is 0 Å². The zero-order valence-electron chi connectivity index (χ0n) is 10.9. The number of nitrogens with zero attached hydrogens (tertiary/aromatic N) is 1. The predicted molar refractivity (Wildman–Crippen MR) is 73.4 cm³/mol. The number of rotatable bonds is 7. The van der Waals surface area contributed by atoms with E-state index in [1.165, 1.54) is 38.8 Å². The molecule has 2 nitrogen and oxygen atoms in total. The molecular weight excluding hydrogens is 218 g/mol. The summed E-state index contributed by atoms with van der Waals surface area (Å²) in [4.78, 5) is 2.59. The fourth-order valence-electron chi connectivity index (χ4n) is 2.38. The van der Waals surface area contributed by atoms with Crippen LogP contribution in [0.1, 0.15) is 39.5 Å². The highest BCUT2D eigenvalue weighted by Crippen LogP contribution is 2.32. The van der Waals surface area contributed by atoms with Crippen molar-refractivity contribution in [2.75, 3.05) is 38.6 Å². The Morgan fingerprint density at radius 3 is 2.44 bits per heavy atom. The Labute approximate surface area is 106 Å². The van der Waals surface area contributed by atoms with E-state index in [9.17, 15) is 0 Å². The van der Waals surface area contributed by atoms with Crippen LogP contribution >= 0.6 is 12.6 Å². The molecule has 1 heterocycles. The van der Waals surface area contributed by atoms with Crippen LogP contribution < -0.4 is 0 Å². The number of hydrogen-bond donors (Lipinski definition) is 1. The molecule has 0 spiro atoms. The number of hydrogen-bond acceptors (Lipinski definition) is 3. The van der Waals surface area contributed by atoms with E-state index in [0.29, 0.717) is 5.41 Å². The van der Waals surface area contributed by atoms with Crippen LogP contribution in [0.25, 0.3) is 0 Å². The molecule has 0 aliphatic carbocycles. The summed E-state index contributed by atoms with van der Waals surface area (Å²) in [6.07, 6.45) is 4.96. The lowest BCUT2D eigenvalue weighted by Crippen LogP contribution is -2.43. The van der Waals surface area contributed by atoms with Gasteiger partial charge in [0.25, 0.3) is 0 Å². The summed E-state index contributed by atoms with van der Waals surface area (Å²) in [5, 5.41) is 0. The van der Waals surface area contributed by atoms with Gasteiger partial charge < -0.3 is 9.64 Å². The summed E-state index contributed by atoms with van der Waals surface area (Å²) >= 11 is 4.57. The summed E-state index contributed by atoms with van der Waals surface area (Å²) in [6, 6.07) is 0. The molecular formula is C13H27NOS. The van der Waals surface area contributed by atoms with Crippen LogP contribution in [0.3, 0.4) is 0 Å². The Bertz CT molecular complexity index is 181. The minimum absolute atomic E-state index is 0.408. The molecule has 16 heavy (non-hydrogen) atoms. The molecule has 1 rings (SSSR count). The Morgan fingerprint density at radius 1 is 1.25 bits per heavy atom. The maximum absolute atomic E-state index is 5.47. The van der Waals surface area contributed by atoms with Crippen LogP contribution in [0.15, 0.2) is 0 Å². The van der Waals surface area contributed by atoms with Gasteiger partial charge >= 0.3 is 0 Å². The molecule has 0 radical (unpaired) electrons. The highest BCUT2D eigenvalue weighted by atomic mass is 32.1. The Hall–Kier alpha value is 0.270. The molecule has 1 aliphatic rings. The summed E-state index contributed by atoms with van der Waals surface area (Å²) in [5.41, 5.74) is 0.408. The molecule has 0 bridgehead atoms. The predicted octanol–water partition coefficient (Wildman–Crippen LogP) is 2.84. The van der Waals surface area contributed by atoms with Gasteiger partial charge in [0.1, 0.15) is 0 Å². The second-order valence-corrected chi connectivity index (χ2v) is 5.31. The quantitative estimate of drug-likeness (QED) is 0.693. The molecule has 0 aromatic carbocycles. The first-order valence-electron chi connectivity index (χ1n) is 6.67. The van der Waals surface area contributed by atoms with Crippen molar-refractivity contribution >= 4 is 12.6 Å². The molecule has 0 aromatic heterocycles. The minimum atomic E-state index is 0.408. The molecule has 0 N–H and O–H groups in total. The number of thiol groups is 1. The van der Waals surface area contributed by atoms with E-state index in [4.69, 9.17) is 4.74 Å². The number of ether oxygens (including phenoxy) is 1. The lowest BCUT2D eigenvalue weighted by molar-refractivity contribution is 0.00831. The zero-order chi connectivity index (χ0) is 11.9. The monoisotopic (exact) mass is 245 g/mol. The topological polar surface area (TPSA) is 12.5 Å². The molecule has 1 aliphatic heterocycles. The molecule has 96 valence electrons. The van der Waals surface area contributed by atoms with Crippen molar-refractivity contribution < 1.29 is 4.74 Å². The highest BCUT2D eigenvalue weighted by molar-refractivity contribution is 7.80. The van der Waals surface area contributed by atoms with E-state index >= 15 is 0 Å². The SMILES string of the molecule is CCCCN(CC)CC1(CS)CCOCC1. The molecule has 0 saturated carbocycles. The van der Waals surface area contributed by atoms with E-state index < -0.39 is 0 Å². The molecule has 1 saturated heterocycles. The van der Waals surface area contributed by atoms with Gasteiger partial charge in [0.15, 0.2) is 0 Å². The third-order valence-corrected chi connectivity index (χ3v) is 4.39. The molecule has 0 aromatic rings. The minimum Gasteiger partial charge on any atom is -0.381 e. The van der Waals surface area contributed by atoms with Gasteiger partial charge in [-0.05, 0) is 43.5 Å². The second-order valence-electron chi connectivity index (χ2n) is 4.99. The van der Waals surface area contributed by atoms with Crippen LogP contribution in [0, 0.1) is 5.41 Å². The lowest BCUT2D eigenvalue weighted by Gasteiger charge is -2.40. The van der Waals surface area contributed by atoms with Crippen molar-refractivity contribution in [2.45, 2.75) is 39.5 Å². The van der Waals surface area contributed by atoms with Gasteiger partial charge in [0.2, 0.25) is 0 Å². The van der Waals surface area contributed by atoms with Crippen molar-refractivity contribution in [3.63, 3.8) is 0 Å². The highest BCUT2D eigenvalue weighted by Gasteiger charge is 2.32. The number of unbranched alkanes of at least 4 members (excludes halogenated alkanes) is 1. The van der Waals surface area contributed by atoms with Crippen LogP contribution in [0.4, 0.5) is 0 Å². The van der Waals surface area contributed by atoms with E-state index in [-0.39, 0.29) is 0 Å². The molecule has 0 atom stereocenters. The summed E-state index contributed by atoms with van der Waals surface area (Å²) < 4.78 is 5.47. The fraction of sp³-hybridized carbons (Fsp3) is 1.00. The zero-order valence-corrected chi connectivity index (χ0v) is 11.8. The maximum Gasteiger partial charge on any atom is 0.0472 e. The first kappa shape index (κ1) is 14.3. The van der Waals surface area contributed by atoms with Crippen LogP contribution in [-0.4, -0.2) is 43.5 Å². The maximum atomic E-state index is 5.47. The van der Waals surface area contributed by atoms with Crippen LogP contribution in [0.2, 0.25) is 0 Å². The first-order valence-corrected chi connectivity index (χ1v) is 7.30. The van der Waals surface area contributed by atoms with Crippen LogP contribution in [0.5, 0.6) is 0 Å². The average Bonchev–Trinajstić information content (AvgIpc) is 2.35. The molecule has 1 fully saturated rings. The van der Waals surface area contributed by atoms with Crippen molar-refractivity contribution in [3.8, 4) is 0 Å². The van der Waals surface area contributed by atoms with Gasteiger partial charge in [0, 0.05) is 19.8 Å². The summed E-state index contributed by atoms with van der Waals surface area (Å²) in [5.74, 6) is 0.999. The van der Waals surface area contributed by atoms with Gasteiger partial charge in [0.05, 0.1) is 0 Å². The Morgan fingerprint density at radius 2 is 1.94 bits per heavy atom. The standard InChI is InChI=1S/C13H27NOS/c1-3-5-8-14(4-2)11-13(12-16)6-9-15-10-7-13/h16H,3-12H2,1-2H3. The average molecular weight is 245 g/mol. The third-order valence-electron chi connectivity index (χ3n) is 3.72. The van der Waals surface area contributed by atoms with E-state index in [2.05, 4.69) is 31.4 Å². The summed E-state index contributed by atoms with van der Waals surface area (Å²) in [7, 11) is 0. The fourth-order valence-corrected chi connectivity index (χ4v) is 2.79. The van der Waals surface area contributed by atoms with Crippen LogP contribution in [-0.2, 0) is 4.74 Å². The smallest absolute Gasteiger partial charge is 0.0472 e. The van der Waals surface area contributed by atoms with Gasteiger partial charge in [-0.3, -0.25) is 0 Å². The summed E-state index contributed by atoms with van der Waals surface area (Å²) in [6.45, 7) is 9.98. The molecule has 0 amide bonds. The van der Waals surface area contributed by atoms with Gasteiger partial charge in [-0.15, -0.1) is 0 Å². The van der Waals surface area contributed by atoms with E-state index in [1.54, 1.807) is 0 Å². The second kappa shape index (κ2) is 7.57. The molecule has 0 unspecified atom stereocenters.